The van der Waals surface area contributed by atoms with Crippen LogP contribution in [0.4, 0.5) is 8.78 Å². The lowest BCUT2D eigenvalue weighted by molar-refractivity contribution is -0.120. The van der Waals surface area contributed by atoms with Gasteiger partial charge in [-0.3, -0.25) is 4.79 Å². The lowest BCUT2D eigenvalue weighted by Crippen LogP contribution is -2.43. The van der Waals surface area contributed by atoms with Gasteiger partial charge in [-0.2, -0.15) is 8.78 Å². The van der Waals surface area contributed by atoms with Gasteiger partial charge in [0.1, 0.15) is 11.5 Å². The van der Waals surface area contributed by atoms with Crippen molar-refractivity contribution in [2.75, 3.05) is 13.1 Å². The molecule has 12 heteroatoms. The van der Waals surface area contributed by atoms with Crippen LogP contribution in [0, 0.1) is 0 Å². The van der Waals surface area contributed by atoms with E-state index in [9.17, 15) is 13.6 Å². The predicted molar refractivity (Wildman–Crippen MR) is 122 cm³/mol. The van der Waals surface area contributed by atoms with Crippen molar-refractivity contribution in [1.82, 2.24) is 16.0 Å². The molecule has 1 amide bonds. The summed E-state index contributed by atoms with van der Waals surface area (Å²) in [5, 5.41) is 8.71. The van der Waals surface area contributed by atoms with E-state index in [2.05, 4.69) is 25.7 Å². The molecule has 0 atom stereocenters. The van der Waals surface area contributed by atoms with Crippen molar-refractivity contribution >= 4 is 59.0 Å². The number of rotatable bonds is 9. The second-order valence-electron chi connectivity index (χ2n) is 5.66. The summed E-state index contributed by atoms with van der Waals surface area (Å²) in [6.07, 6.45) is 1.52. The lowest BCUT2D eigenvalue weighted by atomic mass is 10.2. The molecule has 2 rings (SSSR count). The number of carbonyl (C=O) groups is 1. The zero-order valence-corrected chi connectivity index (χ0v) is 19.7. The molecule has 30 heavy (non-hydrogen) atoms. The Kier molecular flexibility index (Phi) is 11.8. The van der Waals surface area contributed by atoms with E-state index in [0.717, 1.165) is 0 Å². The highest BCUT2D eigenvalue weighted by molar-refractivity contribution is 14.0. The first-order valence-electron chi connectivity index (χ1n) is 8.63. The molecule has 0 saturated heterocycles. The van der Waals surface area contributed by atoms with Crippen LogP contribution in [-0.2, 0) is 17.9 Å². The molecule has 0 radical (unpaired) electrons. The summed E-state index contributed by atoms with van der Waals surface area (Å²) in [7, 11) is 0. The summed E-state index contributed by atoms with van der Waals surface area (Å²) in [6, 6.07) is 6.22. The fourth-order valence-corrected chi connectivity index (χ4v) is 2.86. The van der Waals surface area contributed by atoms with Crippen molar-refractivity contribution in [2.45, 2.75) is 26.6 Å². The number of nitrogens with zero attached hydrogens (tertiary/aromatic N) is 1. The normalized spacial score (nSPS) is 11.1. The Morgan fingerprint density at radius 3 is 2.67 bits per heavy atom. The first kappa shape index (κ1) is 26.2. The lowest BCUT2D eigenvalue weighted by Gasteiger charge is -2.14. The monoisotopic (exact) mass is 576 g/mol. The van der Waals surface area contributed by atoms with E-state index in [1.807, 2.05) is 6.92 Å². The van der Waals surface area contributed by atoms with Gasteiger partial charge in [-0.15, -0.1) is 24.0 Å². The van der Waals surface area contributed by atoms with Crippen LogP contribution >= 0.6 is 47.2 Å². The zero-order chi connectivity index (χ0) is 21.2. The molecule has 0 unspecified atom stereocenters. The number of furan rings is 1. The summed E-state index contributed by atoms with van der Waals surface area (Å²) in [6.45, 7) is -0.516. The highest BCUT2D eigenvalue weighted by Gasteiger charge is 2.15. The second-order valence-corrected chi connectivity index (χ2v) is 6.50. The van der Waals surface area contributed by atoms with Crippen LogP contribution < -0.4 is 20.7 Å². The van der Waals surface area contributed by atoms with E-state index in [-0.39, 0.29) is 70.9 Å². The molecule has 0 aliphatic heterocycles. The predicted octanol–water partition coefficient (Wildman–Crippen LogP) is 4.18. The number of carbonyl (C=O) groups excluding carboxylic acids is 1. The van der Waals surface area contributed by atoms with Crippen molar-refractivity contribution in [3.05, 3.63) is 51.9 Å². The average molecular weight is 577 g/mol. The number of amides is 1. The molecule has 0 fully saturated rings. The Morgan fingerprint density at radius 1 is 1.27 bits per heavy atom. The van der Waals surface area contributed by atoms with Crippen LogP contribution in [0.5, 0.6) is 5.75 Å². The van der Waals surface area contributed by atoms with Crippen LogP contribution in [0.15, 0.2) is 39.9 Å². The first-order chi connectivity index (χ1) is 13.9. The summed E-state index contributed by atoms with van der Waals surface area (Å²) in [5.41, 5.74) is 0.280. The summed E-state index contributed by atoms with van der Waals surface area (Å²) >= 11 is 11.9. The van der Waals surface area contributed by atoms with Gasteiger partial charge in [-0.25, -0.2) is 4.99 Å². The Bertz CT molecular complexity index is 839. The number of alkyl halides is 2. The van der Waals surface area contributed by atoms with Crippen LogP contribution in [0.1, 0.15) is 18.2 Å². The summed E-state index contributed by atoms with van der Waals surface area (Å²) in [4.78, 5) is 16.2. The molecule has 166 valence electrons. The number of ether oxygens (including phenoxy) is 1. The quantitative estimate of drug-likeness (QED) is 0.237. The Labute approximate surface area is 199 Å². The van der Waals surface area contributed by atoms with Crippen molar-refractivity contribution in [2.24, 2.45) is 4.99 Å². The largest absolute Gasteiger partial charge is 0.467 e. The summed E-state index contributed by atoms with van der Waals surface area (Å²) < 4.78 is 34.9. The van der Waals surface area contributed by atoms with E-state index in [1.165, 1.54) is 18.4 Å². The number of aliphatic imine (C=N–C) groups is 1. The molecule has 0 aliphatic carbocycles. The molecular formula is C18H21Cl2F2IN4O3. The van der Waals surface area contributed by atoms with Crippen molar-refractivity contribution in [3.8, 4) is 5.75 Å². The molecule has 0 spiro atoms. The standard InChI is InChI=1S/C18H20Cl2F2N4O3.HI/c1-2-23-18(26-10-15(27)24-9-13-4-3-5-28-13)25-8-11-6-12(19)7-14(20)16(11)29-17(21)22;/h3-7,17H,2,8-10H2,1H3,(H,24,27)(H2,23,25,26);1H. The van der Waals surface area contributed by atoms with E-state index in [0.29, 0.717) is 18.3 Å². The molecule has 0 aliphatic rings. The number of guanidine groups is 1. The molecule has 7 nitrogen and oxygen atoms in total. The minimum atomic E-state index is -3.04. The average Bonchev–Trinajstić information content (AvgIpc) is 3.18. The Balaban J connectivity index is 0.00000450. The minimum absolute atomic E-state index is 0. The zero-order valence-electron chi connectivity index (χ0n) is 15.9. The summed E-state index contributed by atoms with van der Waals surface area (Å²) in [5.74, 6) is 0.462. The van der Waals surface area contributed by atoms with Gasteiger partial charge in [0, 0.05) is 17.1 Å². The van der Waals surface area contributed by atoms with Crippen LogP contribution in [0.3, 0.4) is 0 Å². The number of hydrogen-bond acceptors (Lipinski definition) is 4. The molecule has 1 aromatic heterocycles. The van der Waals surface area contributed by atoms with Gasteiger partial charge < -0.3 is 25.1 Å². The second kappa shape index (κ2) is 13.5. The molecule has 1 aromatic carbocycles. The number of halogens is 5. The fourth-order valence-electron chi connectivity index (χ4n) is 2.28. The van der Waals surface area contributed by atoms with Crippen LogP contribution in [-0.4, -0.2) is 31.6 Å². The fraction of sp³-hybridized carbons (Fsp3) is 0.333. The van der Waals surface area contributed by atoms with Crippen LogP contribution in [0.2, 0.25) is 10.0 Å². The molecule has 0 bridgehead atoms. The third-order valence-electron chi connectivity index (χ3n) is 3.50. The van der Waals surface area contributed by atoms with E-state index >= 15 is 0 Å². The van der Waals surface area contributed by atoms with Gasteiger partial charge in [0.2, 0.25) is 5.91 Å². The molecule has 2 aromatic rings. The minimum Gasteiger partial charge on any atom is -0.467 e. The van der Waals surface area contributed by atoms with Gasteiger partial charge in [0.15, 0.2) is 5.96 Å². The van der Waals surface area contributed by atoms with E-state index in [1.54, 1.807) is 12.1 Å². The number of benzene rings is 1. The highest BCUT2D eigenvalue weighted by Crippen LogP contribution is 2.34. The number of nitrogens with one attached hydrogen (secondary N) is 3. The third-order valence-corrected chi connectivity index (χ3v) is 4.00. The number of hydrogen-bond donors (Lipinski definition) is 3. The van der Waals surface area contributed by atoms with E-state index < -0.39 is 6.61 Å². The first-order valence-corrected chi connectivity index (χ1v) is 9.38. The highest BCUT2D eigenvalue weighted by atomic mass is 127. The van der Waals surface area contributed by atoms with Crippen LogP contribution in [0.25, 0.3) is 0 Å². The smallest absolute Gasteiger partial charge is 0.387 e. The van der Waals surface area contributed by atoms with Gasteiger partial charge in [-0.05, 0) is 31.2 Å². The molecular weight excluding hydrogens is 556 g/mol. The van der Waals surface area contributed by atoms with Crippen molar-refractivity contribution in [3.63, 3.8) is 0 Å². The maximum atomic E-state index is 12.7. The Morgan fingerprint density at radius 2 is 2.03 bits per heavy atom. The van der Waals surface area contributed by atoms with Gasteiger partial charge in [-0.1, -0.05) is 23.2 Å². The van der Waals surface area contributed by atoms with Crippen molar-refractivity contribution in [1.29, 1.82) is 0 Å². The maximum absolute atomic E-state index is 12.7. The maximum Gasteiger partial charge on any atom is 0.387 e. The third kappa shape index (κ3) is 8.92. The topological polar surface area (TPSA) is 87.9 Å². The van der Waals surface area contributed by atoms with Crippen molar-refractivity contribution < 1.29 is 22.7 Å². The Hall–Kier alpha value is -1.79. The molecule has 0 saturated carbocycles. The SMILES string of the molecule is CCNC(=NCc1cc(Cl)cc(Cl)c1OC(F)F)NCC(=O)NCc1ccco1.I. The van der Waals surface area contributed by atoms with Gasteiger partial charge in [0.05, 0.1) is 30.9 Å². The van der Waals surface area contributed by atoms with E-state index in [4.69, 9.17) is 27.6 Å². The van der Waals surface area contributed by atoms with Gasteiger partial charge >= 0.3 is 6.61 Å². The van der Waals surface area contributed by atoms with Gasteiger partial charge in [0.25, 0.3) is 0 Å². The molecule has 3 N–H and O–H groups in total. The molecule has 1 heterocycles.